The van der Waals surface area contributed by atoms with Crippen LogP contribution in [0.2, 0.25) is 5.02 Å². The lowest BCUT2D eigenvalue weighted by atomic mass is 10.1. The molecular weight excluding hydrogens is 328 g/mol. The Hall–Kier alpha value is -1.57. The van der Waals surface area contributed by atoms with Gasteiger partial charge in [0.1, 0.15) is 6.54 Å². The molecule has 0 unspecified atom stereocenters. The largest absolute Gasteiger partial charge is 0.480 e. The topological polar surface area (TPSA) is 109 Å². The van der Waals surface area contributed by atoms with Gasteiger partial charge in [0.25, 0.3) is 0 Å². The first-order chi connectivity index (χ1) is 10.4. The van der Waals surface area contributed by atoms with Gasteiger partial charge in [0.2, 0.25) is 5.91 Å². The Morgan fingerprint density at radius 3 is 2.73 bits per heavy atom. The summed E-state index contributed by atoms with van der Waals surface area (Å²) in [5.74, 6) is -0.838. The minimum atomic E-state index is -1.12. The number of thioether (sulfide) groups is 1. The minimum absolute atomic E-state index is 0.0288. The van der Waals surface area contributed by atoms with Crippen LogP contribution in [0.5, 0.6) is 0 Å². The summed E-state index contributed by atoms with van der Waals surface area (Å²) < 4.78 is 0. The van der Waals surface area contributed by atoms with Crippen LogP contribution in [0.4, 0.5) is 0 Å². The van der Waals surface area contributed by atoms with Crippen molar-refractivity contribution in [2.45, 2.75) is 12.5 Å². The number of hydrogen-bond acceptors (Lipinski definition) is 5. The number of carboxylic acid groups (broad SMARTS) is 1. The molecule has 0 saturated heterocycles. The average Bonchev–Trinajstić information content (AvgIpc) is 2.48. The van der Waals surface area contributed by atoms with E-state index in [0.29, 0.717) is 28.5 Å². The van der Waals surface area contributed by atoms with Gasteiger partial charge in [0, 0.05) is 28.5 Å². The maximum Gasteiger partial charge on any atom is 0.322 e. The molecule has 4 N–H and O–H groups in total. The lowest BCUT2D eigenvalue weighted by molar-refractivity contribution is -0.138. The number of nitrogens with one attached hydrogen (secondary N) is 1. The number of amides is 1. The molecule has 0 bridgehead atoms. The highest BCUT2D eigenvalue weighted by molar-refractivity contribution is 7.99. The molecule has 0 fully saturated rings. The van der Waals surface area contributed by atoms with Gasteiger partial charge in [-0.05, 0) is 12.1 Å². The predicted octanol–water partition coefficient (Wildman–Crippen LogP) is 1.17. The normalized spacial score (nSPS) is 11.7. The van der Waals surface area contributed by atoms with Crippen LogP contribution in [0.3, 0.4) is 0 Å². The van der Waals surface area contributed by atoms with Crippen LogP contribution in [0, 0.1) is 0 Å². The third-order valence-corrected chi connectivity index (χ3v) is 3.99. The summed E-state index contributed by atoms with van der Waals surface area (Å²) in [7, 11) is 0. The third-order valence-electron chi connectivity index (χ3n) is 2.67. The minimum Gasteiger partial charge on any atom is -0.480 e. The Labute approximate surface area is 137 Å². The average molecular weight is 345 g/mol. The van der Waals surface area contributed by atoms with E-state index in [1.165, 1.54) is 11.8 Å². The molecule has 0 aliphatic heterocycles. The number of nitrogens with two attached hydrogens (primary N) is 1. The second-order valence-corrected chi connectivity index (χ2v) is 6.06. The number of benzene rings is 1. The summed E-state index contributed by atoms with van der Waals surface area (Å²) in [6, 6.07) is 5.92. The van der Waals surface area contributed by atoms with Gasteiger partial charge in [-0.2, -0.15) is 11.8 Å². The van der Waals surface area contributed by atoms with Crippen molar-refractivity contribution in [3.63, 3.8) is 0 Å². The van der Waals surface area contributed by atoms with Crippen LogP contribution in [0.15, 0.2) is 24.3 Å². The van der Waals surface area contributed by atoms with Crippen molar-refractivity contribution in [3.8, 4) is 0 Å². The van der Waals surface area contributed by atoms with E-state index in [4.69, 9.17) is 22.4 Å². The molecule has 0 heterocycles. The van der Waals surface area contributed by atoms with Gasteiger partial charge in [0.15, 0.2) is 5.78 Å². The van der Waals surface area contributed by atoms with Crippen LogP contribution >= 0.6 is 23.4 Å². The first-order valence-corrected chi connectivity index (χ1v) is 8.05. The quantitative estimate of drug-likeness (QED) is 0.458. The smallest absolute Gasteiger partial charge is 0.322 e. The monoisotopic (exact) mass is 344 g/mol. The predicted molar refractivity (Wildman–Crippen MR) is 86.3 cm³/mol. The zero-order valence-electron chi connectivity index (χ0n) is 11.8. The molecule has 0 spiro atoms. The lowest BCUT2D eigenvalue weighted by Gasteiger charge is -2.10. The highest BCUT2D eigenvalue weighted by Gasteiger charge is 2.14. The summed E-state index contributed by atoms with van der Waals surface area (Å²) in [6.07, 6.45) is 0.314. The molecular formula is C14H17ClN2O4S. The van der Waals surface area contributed by atoms with Crippen molar-refractivity contribution in [3.05, 3.63) is 34.9 Å². The number of carbonyl (C=O) groups is 3. The lowest BCUT2D eigenvalue weighted by Crippen LogP contribution is -2.44. The fourth-order valence-corrected chi connectivity index (χ4v) is 2.64. The second-order valence-electron chi connectivity index (χ2n) is 4.48. The van der Waals surface area contributed by atoms with Crippen LogP contribution < -0.4 is 11.1 Å². The number of ketones is 1. The summed E-state index contributed by atoms with van der Waals surface area (Å²) in [5, 5.41) is 11.2. The number of rotatable bonds is 9. The van der Waals surface area contributed by atoms with Crippen molar-refractivity contribution in [1.29, 1.82) is 0 Å². The van der Waals surface area contributed by atoms with E-state index in [2.05, 4.69) is 5.32 Å². The molecule has 1 aromatic rings. The fraction of sp³-hybridized carbons (Fsp3) is 0.357. The molecule has 22 heavy (non-hydrogen) atoms. The van der Waals surface area contributed by atoms with Crippen molar-refractivity contribution < 1.29 is 19.5 Å². The van der Waals surface area contributed by atoms with Gasteiger partial charge in [-0.1, -0.05) is 23.7 Å². The summed E-state index contributed by atoms with van der Waals surface area (Å²) >= 11 is 7.18. The van der Waals surface area contributed by atoms with E-state index in [1.54, 1.807) is 24.3 Å². The Morgan fingerprint density at radius 1 is 1.36 bits per heavy atom. The Morgan fingerprint density at radius 2 is 2.09 bits per heavy atom. The second kappa shape index (κ2) is 9.45. The maximum atomic E-state index is 11.9. The first-order valence-electron chi connectivity index (χ1n) is 6.51. The number of Topliss-reactive ketones (excluding diaryl/α,β-unsaturated/α-hetero) is 1. The summed E-state index contributed by atoms with van der Waals surface area (Å²) in [4.78, 5) is 33.7. The molecule has 0 radical (unpaired) electrons. The molecule has 120 valence electrons. The highest BCUT2D eigenvalue weighted by Crippen LogP contribution is 2.14. The Balaban J connectivity index is 2.25. The molecule has 8 heteroatoms. The van der Waals surface area contributed by atoms with E-state index in [-0.39, 0.29) is 5.78 Å². The van der Waals surface area contributed by atoms with Gasteiger partial charge < -0.3 is 16.2 Å². The van der Waals surface area contributed by atoms with E-state index >= 15 is 0 Å². The number of aliphatic carboxylic acids is 1. The number of halogens is 1. The van der Waals surface area contributed by atoms with Gasteiger partial charge in [-0.25, -0.2) is 0 Å². The van der Waals surface area contributed by atoms with Crippen LogP contribution in [0.1, 0.15) is 16.8 Å². The fourth-order valence-electron chi connectivity index (χ4n) is 1.55. The van der Waals surface area contributed by atoms with E-state index in [1.807, 2.05) is 0 Å². The Kier molecular flexibility index (Phi) is 7.94. The molecule has 0 aliphatic carbocycles. The SMILES string of the molecule is N[C@@H](CSCCC(=O)c1cccc(Cl)c1)C(=O)NCC(=O)O. The molecule has 1 rings (SSSR count). The first kappa shape index (κ1) is 18.5. The van der Waals surface area contributed by atoms with E-state index < -0.39 is 24.5 Å². The van der Waals surface area contributed by atoms with E-state index in [9.17, 15) is 14.4 Å². The maximum absolute atomic E-state index is 11.9. The Bertz CT molecular complexity index is 553. The van der Waals surface area contributed by atoms with Crippen LogP contribution in [0.25, 0.3) is 0 Å². The van der Waals surface area contributed by atoms with Gasteiger partial charge in [0.05, 0.1) is 6.04 Å². The zero-order chi connectivity index (χ0) is 16.5. The van der Waals surface area contributed by atoms with Crippen molar-refractivity contribution in [2.75, 3.05) is 18.1 Å². The molecule has 1 atom stereocenters. The molecule has 1 aromatic carbocycles. The van der Waals surface area contributed by atoms with Crippen LogP contribution in [-0.2, 0) is 9.59 Å². The van der Waals surface area contributed by atoms with Crippen molar-refractivity contribution in [2.24, 2.45) is 5.73 Å². The number of hydrogen-bond donors (Lipinski definition) is 3. The summed E-state index contributed by atoms with van der Waals surface area (Å²) in [5.41, 5.74) is 6.18. The van der Waals surface area contributed by atoms with Gasteiger partial charge >= 0.3 is 5.97 Å². The van der Waals surface area contributed by atoms with Gasteiger partial charge in [-0.15, -0.1) is 0 Å². The molecule has 0 saturated carbocycles. The third kappa shape index (κ3) is 6.93. The van der Waals surface area contributed by atoms with Crippen LogP contribution in [-0.4, -0.2) is 46.9 Å². The van der Waals surface area contributed by atoms with Crippen molar-refractivity contribution in [1.82, 2.24) is 5.32 Å². The standard InChI is InChI=1S/C14H17ClN2O4S/c15-10-3-1-2-9(6-10)12(18)4-5-22-8-11(16)14(21)17-7-13(19)20/h1-3,6,11H,4-5,7-8,16H2,(H,17,21)(H,19,20)/t11-/m0/s1. The molecule has 0 aliphatic rings. The van der Waals surface area contributed by atoms with Gasteiger partial charge in [-0.3, -0.25) is 14.4 Å². The molecule has 0 aromatic heterocycles. The molecule has 6 nitrogen and oxygen atoms in total. The number of carbonyl (C=O) groups excluding carboxylic acids is 2. The van der Waals surface area contributed by atoms with E-state index in [0.717, 1.165) is 0 Å². The highest BCUT2D eigenvalue weighted by atomic mass is 35.5. The van der Waals surface area contributed by atoms with Crippen molar-refractivity contribution >= 4 is 41.0 Å². The molecule has 1 amide bonds. The summed E-state index contributed by atoms with van der Waals surface area (Å²) in [6.45, 7) is -0.454. The number of carboxylic acids is 1. The zero-order valence-corrected chi connectivity index (χ0v) is 13.3.